The normalized spacial score (nSPS) is 13.5. The van der Waals surface area contributed by atoms with E-state index in [1.807, 2.05) is 13.8 Å². The van der Waals surface area contributed by atoms with Gasteiger partial charge in [-0.15, -0.1) is 0 Å². The summed E-state index contributed by atoms with van der Waals surface area (Å²) in [5.74, 6) is -0.663. The Morgan fingerprint density at radius 2 is 1.78 bits per heavy atom. The third-order valence-corrected chi connectivity index (χ3v) is 5.90. The highest BCUT2D eigenvalue weighted by molar-refractivity contribution is 6.12. The molecular weight excluding hydrogens is 410 g/mol. The van der Waals surface area contributed by atoms with Crippen molar-refractivity contribution in [2.75, 3.05) is 5.32 Å². The summed E-state index contributed by atoms with van der Waals surface area (Å²) in [6, 6.07) is 12.4. The molecule has 0 unspecified atom stereocenters. The van der Waals surface area contributed by atoms with Crippen molar-refractivity contribution < 1.29 is 13.6 Å². The van der Waals surface area contributed by atoms with Gasteiger partial charge < -0.3 is 5.32 Å². The molecular formula is C25H22F2N4O. The average Bonchev–Trinajstić information content (AvgIpc) is 3.59. The van der Waals surface area contributed by atoms with Crippen LogP contribution in [0.2, 0.25) is 0 Å². The minimum Gasteiger partial charge on any atom is -0.319 e. The molecule has 0 bridgehead atoms. The molecule has 5 rings (SSSR count). The summed E-state index contributed by atoms with van der Waals surface area (Å²) in [6.45, 7) is 4.15. The first-order valence-electron chi connectivity index (χ1n) is 10.6. The topological polar surface area (TPSA) is 59.8 Å². The molecule has 7 heteroatoms. The number of aryl methyl sites for hydroxylation is 1. The van der Waals surface area contributed by atoms with Gasteiger partial charge in [-0.25, -0.2) is 8.78 Å². The second-order valence-electron chi connectivity index (χ2n) is 8.31. The Morgan fingerprint density at radius 3 is 2.50 bits per heavy atom. The van der Waals surface area contributed by atoms with Crippen LogP contribution in [0.1, 0.15) is 51.8 Å². The van der Waals surface area contributed by atoms with Crippen molar-refractivity contribution in [3.05, 3.63) is 88.4 Å². The van der Waals surface area contributed by atoms with Gasteiger partial charge in [0.2, 0.25) is 0 Å². The molecule has 2 aromatic carbocycles. The van der Waals surface area contributed by atoms with Gasteiger partial charge in [-0.05, 0) is 68.7 Å². The van der Waals surface area contributed by atoms with E-state index in [1.54, 1.807) is 28.9 Å². The van der Waals surface area contributed by atoms with Gasteiger partial charge in [0.1, 0.15) is 11.6 Å². The standard InChI is InChI=1S/C25H22F2N4O/c1-14-24(15(2)31(30-14)13-16-3-7-18(26)8-4-16)29-25(32)21-12-23(17-5-6-17)28-22-10-9-19(27)11-20(21)22/h3-4,7-12,17H,5-6,13H2,1-2H3,(H,29,32). The zero-order valence-electron chi connectivity index (χ0n) is 17.8. The fraction of sp³-hybridized carbons (Fsp3) is 0.240. The number of anilines is 1. The van der Waals surface area contributed by atoms with E-state index in [-0.39, 0.29) is 11.7 Å². The van der Waals surface area contributed by atoms with Crippen LogP contribution in [-0.2, 0) is 6.54 Å². The fourth-order valence-electron chi connectivity index (χ4n) is 3.97. The highest BCUT2D eigenvalue weighted by atomic mass is 19.1. The molecule has 0 spiro atoms. The van der Waals surface area contributed by atoms with E-state index in [4.69, 9.17) is 0 Å². The number of benzene rings is 2. The zero-order valence-corrected chi connectivity index (χ0v) is 17.8. The molecule has 0 atom stereocenters. The van der Waals surface area contributed by atoms with Gasteiger partial charge in [-0.1, -0.05) is 12.1 Å². The quantitative estimate of drug-likeness (QED) is 0.453. The predicted octanol–water partition coefficient (Wildman–Crippen LogP) is 5.50. The Balaban J connectivity index is 1.47. The Hall–Kier alpha value is -3.61. The molecule has 32 heavy (non-hydrogen) atoms. The summed E-state index contributed by atoms with van der Waals surface area (Å²) in [5, 5.41) is 8.01. The second-order valence-corrected chi connectivity index (χ2v) is 8.31. The van der Waals surface area contributed by atoms with E-state index >= 15 is 0 Å². The van der Waals surface area contributed by atoms with Crippen molar-refractivity contribution >= 4 is 22.5 Å². The third-order valence-electron chi connectivity index (χ3n) is 5.90. The molecule has 0 aliphatic heterocycles. The molecule has 5 nitrogen and oxygen atoms in total. The van der Waals surface area contributed by atoms with E-state index in [0.717, 1.165) is 29.8 Å². The first-order chi connectivity index (χ1) is 15.4. The van der Waals surface area contributed by atoms with Gasteiger partial charge in [0, 0.05) is 17.0 Å². The molecule has 2 heterocycles. The summed E-state index contributed by atoms with van der Waals surface area (Å²) in [6.07, 6.45) is 2.10. The summed E-state index contributed by atoms with van der Waals surface area (Å²) in [4.78, 5) is 17.9. The van der Waals surface area contributed by atoms with Crippen LogP contribution in [0, 0.1) is 25.5 Å². The Labute approximate surface area is 184 Å². The summed E-state index contributed by atoms with van der Waals surface area (Å²) in [7, 11) is 0. The lowest BCUT2D eigenvalue weighted by Gasteiger charge is -2.11. The van der Waals surface area contributed by atoms with Gasteiger partial charge in [-0.3, -0.25) is 14.5 Å². The Kier molecular flexibility index (Phi) is 4.96. The third kappa shape index (κ3) is 3.86. The molecule has 1 amide bonds. The molecule has 4 aromatic rings. The first kappa shape index (κ1) is 20.3. The molecule has 0 saturated heterocycles. The lowest BCUT2D eigenvalue weighted by Crippen LogP contribution is -2.15. The molecule has 0 radical (unpaired) electrons. The Bertz CT molecular complexity index is 1340. The highest BCUT2D eigenvalue weighted by Gasteiger charge is 2.27. The SMILES string of the molecule is Cc1nn(Cc2ccc(F)cc2)c(C)c1NC(=O)c1cc(C2CC2)nc2ccc(F)cc12. The maximum Gasteiger partial charge on any atom is 0.256 e. The van der Waals surface area contributed by atoms with Crippen LogP contribution in [0.5, 0.6) is 0 Å². The lowest BCUT2D eigenvalue weighted by molar-refractivity contribution is 0.102. The lowest BCUT2D eigenvalue weighted by atomic mass is 10.0. The largest absolute Gasteiger partial charge is 0.319 e. The summed E-state index contributed by atoms with van der Waals surface area (Å²) < 4.78 is 28.9. The van der Waals surface area contributed by atoms with E-state index in [1.165, 1.54) is 24.3 Å². The Morgan fingerprint density at radius 1 is 1.06 bits per heavy atom. The zero-order chi connectivity index (χ0) is 22.4. The van der Waals surface area contributed by atoms with Gasteiger partial charge in [0.25, 0.3) is 5.91 Å². The number of nitrogens with zero attached hydrogens (tertiary/aromatic N) is 3. The number of carbonyl (C=O) groups is 1. The van der Waals surface area contributed by atoms with Gasteiger partial charge in [-0.2, -0.15) is 5.10 Å². The minimum atomic E-state index is -0.410. The van der Waals surface area contributed by atoms with Gasteiger partial charge >= 0.3 is 0 Å². The van der Waals surface area contributed by atoms with Gasteiger partial charge in [0.15, 0.2) is 0 Å². The number of aromatic nitrogens is 3. The molecule has 2 aromatic heterocycles. The van der Waals surface area contributed by atoms with E-state index in [9.17, 15) is 13.6 Å². The number of fused-ring (bicyclic) bond motifs is 1. The molecule has 1 aliphatic carbocycles. The van der Waals surface area contributed by atoms with Crippen molar-refractivity contribution in [1.29, 1.82) is 0 Å². The van der Waals surface area contributed by atoms with Crippen LogP contribution >= 0.6 is 0 Å². The number of hydrogen-bond donors (Lipinski definition) is 1. The summed E-state index contributed by atoms with van der Waals surface area (Å²) in [5.41, 5.74) is 4.86. The van der Waals surface area contributed by atoms with Crippen molar-refractivity contribution in [1.82, 2.24) is 14.8 Å². The summed E-state index contributed by atoms with van der Waals surface area (Å²) >= 11 is 0. The van der Waals surface area contributed by atoms with Crippen molar-refractivity contribution in [3.63, 3.8) is 0 Å². The van der Waals surface area contributed by atoms with Gasteiger partial charge in [0.05, 0.1) is 34.7 Å². The monoisotopic (exact) mass is 432 g/mol. The highest BCUT2D eigenvalue weighted by Crippen LogP contribution is 2.40. The number of carbonyl (C=O) groups excluding carboxylic acids is 1. The van der Waals surface area contributed by atoms with Crippen LogP contribution in [0.25, 0.3) is 10.9 Å². The predicted molar refractivity (Wildman–Crippen MR) is 119 cm³/mol. The number of nitrogens with one attached hydrogen (secondary N) is 1. The molecule has 1 fully saturated rings. The molecule has 1 saturated carbocycles. The van der Waals surface area contributed by atoms with Crippen LogP contribution in [0.3, 0.4) is 0 Å². The maximum atomic E-state index is 13.9. The van der Waals surface area contributed by atoms with Crippen LogP contribution in [0.4, 0.5) is 14.5 Å². The number of pyridine rings is 1. The van der Waals surface area contributed by atoms with Crippen LogP contribution < -0.4 is 5.32 Å². The fourth-order valence-corrected chi connectivity index (χ4v) is 3.97. The maximum absolute atomic E-state index is 13.9. The molecule has 1 N–H and O–H groups in total. The smallest absolute Gasteiger partial charge is 0.256 e. The average molecular weight is 432 g/mol. The van der Waals surface area contributed by atoms with Crippen LogP contribution in [0.15, 0.2) is 48.5 Å². The number of halogens is 2. The van der Waals surface area contributed by atoms with Crippen molar-refractivity contribution in [2.45, 2.75) is 39.2 Å². The van der Waals surface area contributed by atoms with E-state index in [0.29, 0.717) is 40.3 Å². The number of rotatable bonds is 5. The van der Waals surface area contributed by atoms with Crippen molar-refractivity contribution in [2.24, 2.45) is 0 Å². The van der Waals surface area contributed by atoms with Crippen molar-refractivity contribution in [3.8, 4) is 0 Å². The van der Waals surface area contributed by atoms with E-state index < -0.39 is 5.82 Å². The first-order valence-corrected chi connectivity index (χ1v) is 10.6. The number of hydrogen-bond acceptors (Lipinski definition) is 3. The molecule has 162 valence electrons. The number of amides is 1. The second kappa shape index (κ2) is 7.82. The molecule has 1 aliphatic rings. The van der Waals surface area contributed by atoms with E-state index in [2.05, 4.69) is 15.4 Å². The van der Waals surface area contributed by atoms with Crippen LogP contribution in [-0.4, -0.2) is 20.7 Å². The minimum absolute atomic E-state index is 0.290.